The molecule has 3 unspecified atom stereocenters. The molecule has 5 atom stereocenters. The second-order valence-electron chi connectivity index (χ2n) is 14.0. The molecule has 0 radical (unpaired) electrons. The van der Waals surface area contributed by atoms with Crippen molar-refractivity contribution in [2.24, 2.45) is 17.3 Å². The molecule has 0 bridgehead atoms. The topological polar surface area (TPSA) is 80.8 Å². The van der Waals surface area contributed by atoms with Crippen LogP contribution in [0.1, 0.15) is 100 Å². The molecule has 2 fully saturated rings. The summed E-state index contributed by atoms with van der Waals surface area (Å²) in [5.74, 6) is -0.298. The molecule has 0 aromatic heterocycles. The molecule has 0 N–H and O–H groups in total. The van der Waals surface area contributed by atoms with Crippen molar-refractivity contribution in [1.82, 2.24) is 0 Å². The predicted molar refractivity (Wildman–Crippen MR) is 175 cm³/mol. The van der Waals surface area contributed by atoms with E-state index in [1.165, 1.54) is 18.1 Å². The molecule has 6 heteroatoms. The van der Waals surface area contributed by atoms with E-state index in [1.54, 1.807) is 12.1 Å². The number of carbonyl (C=O) groups is 4. The quantitative estimate of drug-likeness (QED) is 0.175. The van der Waals surface area contributed by atoms with E-state index in [9.17, 15) is 19.2 Å². The Bertz CT molecular complexity index is 1600. The van der Waals surface area contributed by atoms with Crippen LogP contribution in [0.2, 0.25) is 0 Å². The van der Waals surface area contributed by atoms with Gasteiger partial charge in [0, 0.05) is 56.4 Å². The van der Waals surface area contributed by atoms with Crippen molar-refractivity contribution in [3.63, 3.8) is 0 Å². The lowest BCUT2D eigenvalue weighted by Gasteiger charge is -2.55. The van der Waals surface area contributed by atoms with Gasteiger partial charge in [0.1, 0.15) is 0 Å². The van der Waals surface area contributed by atoms with Crippen LogP contribution in [0.25, 0.3) is 0 Å². The van der Waals surface area contributed by atoms with E-state index in [0.29, 0.717) is 56.1 Å². The number of hydrogen-bond donors (Lipinski definition) is 0. The minimum Gasteiger partial charge on any atom is -0.451 e. The van der Waals surface area contributed by atoms with E-state index in [0.717, 1.165) is 29.7 Å². The molecule has 2 aromatic carbocycles. The normalized spacial score (nSPS) is 29.1. The molecule has 0 spiro atoms. The van der Waals surface area contributed by atoms with Gasteiger partial charge in [0.05, 0.1) is 5.57 Å². The highest BCUT2D eigenvalue weighted by Gasteiger charge is 2.67. The van der Waals surface area contributed by atoms with Crippen molar-refractivity contribution in [3.05, 3.63) is 88.0 Å². The second-order valence-corrected chi connectivity index (χ2v) is 14.0. The van der Waals surface area contributed by atoms with Gasteiger partial charge in [-0.3, -0.25) is 19.2 Å². The number of ketones is 3. The Morgan fingerprint density at radius 2 is 1.64 bits per heavy atom. The molecule has 2 aromatic rings. The molecule has 0 heterocycles. The van der Waals surface area contributed by atoms with Gasteiger partial charge < -0.3 is 9.64 Å². The lowest BCUT2D eigenvalue weighted by atomic mass is 9.50. The number of rotatable bonds is 8. The van der Waals surface area contributed by atoms with E-state index in [2.05, 4.69) is 36.1 Å². The first-order valence-electron chi connectivity index (χ1n) is 16.6. The van der Waals surface area contributed by atoms with Crippen LogP contribution in [0.4, 0.5) is 5.69 Å². The minimum absolute atomic E-state index is 0.0264. The van der Waals surface area contributed by atoms with Crippen molar-refractivity contribution in [3.8, 4) is 0 Å². The van der Waals surface area contributed by atoms with Crippen LogP contribution < -0.4 is 4.90 Å². The zero-order valence-electron chi connectivity index (χ0n) is 27.3. The molecular weight excluding hydrogens is 562 g/mol. The molecule has 0 saturated heterocycles. The standard InChI is InChI=1S/C39H45NO5/c1-6-10-34(43)39(45-24(2)41)22-21-32-30-18-17-29-28(19-20-33(42)36(29)37(44)26-11-8-7-9-12-26)35(30)31(23-38(32,39)3)25-13-15-27(16-14-25)40(4)5/h7-9,11-16,30-32H,6,10,17-23H2,1-5H3/t30?,31?,32?,38-,39-/m0/s1. The third-order valence-corrected chi connectivity index (χ3v) is 11.4. The summed E-state index contributed by atoms with van der Waals surface area (Å²) < 4.78 is 6.21. The highest BCUT2D eigenvalue weighted by Crippen LogP contribution is 2.68. The first-order chi connectivity index (χ1) is 21.5. The average Bonchev–Trinajstić information content (AvgIpc) is 3.32. The van der Waals surface area contributed by atoms with Crippen LogP contribution in [-0.4, -0.2) is 43.0 Å². The summed E-state index contributed by atoms with van der Waals surface area (Å²) in [5.41, 5.74) is 4.92. The van der Waals surface area contributed by atoms with Crippen molar-refractivity contribution >= 4 is 29.0 Å². The van der Waals surface area contributed by atoms with E-state index >= 15 is 0 Å². The summed E-state index contributed by atoms with van der Waals surface area (Å²) in [6.07, 6.45) is 5.52. The van der Waals surface area contributed by atoms with Crippen LogP contribution in [0.15, 0.2) is 76.9 Å². The Morgan fingerprint density at radius 3 is 2.29 bits per heavy atom. The molecule has 4 aliphatic carbocycles. The fourth-order valence-corrected chi connectivity index (χ4v) is 9.41. The van der Waals surface area contributed by atoms with Crippen LogP contribution in [-0.2, 0) is 19.1 Å². The third-order valence-electron chi connectivity index (χ3n) is 11.4. The van der Waals surface area contributed by atoms with E-state index in [-0.39, 0.29) is 35.1 Å². The number of fused-ring (bicyclic) bond motifs is 4. The van der Waals surface area contributed by atoms with E-state index < -0.39 is 17.0 Å². The molecule has 4 aliphatic rings. The van der Waals surface area contributed by atoms with E-state index in [4.69, 9.17) is 4.74 Å². The van der Waals surface area contributed by atoms with Crippen LogP contribution in [0, 0.1) is 17.3 Å². The number of Topliss-reactive ketones (excluding diaryl/α,β-unsaturated/α-hetero) is 3. The van der Waals surface area contributed by atoms with Gasteiger partial charge in [-0.1, -0.05) is 61.9 Å². The smallest absolute Gasteiger partial charge is 0.303 e. The Morgan fingerprint density at radius 1 is 0.933 bits per heavy atom. The molecule has 6 nitrogen and oxygen atoms in total. The highest BCUT2D eigenvalue weighted by atomic mass is 16.6. The second kappa shape index (κ2) is 11.9. The molecule has 0 amide bonds. The van der Waals surface area contributed by atoms with Gasteiger partial charge in [-0.2, -0.15) is 0 Å². The van der Waals surface area contributed by atoms with Crippen LogP contribution >= 0.6 is 0 Å². The number of nitrogens with zero attached hydrogens (tertiary/aromatic N) is 1. The van der Waals surface area contributed by atoms with Gasteiger partial charge >= 0.3 is 5.97 Å². The Balaban J connectivity index is 1.55. The van der Waals surface area contributed by atoms with Gasteiger partial charge in [0.2, 0.25) is 0 Å². The minimum atomic E-state index is -1.15. The number of hydrogen-bond acceptors (Lipinski definition) is 6. The molecule has 45 heavy (non-hydrogen) atoms. The average molecular weight is 608 g/mol. The first-order valence-corrected chi connectivity index (χ1v) is 16.6. The first kappa shape index (κ1) is 31.2. The number of allylic oxidation sites excluding steroid dienone is 4. The summed E-state index contributed by atoms with van der Waals surface area (Å²) in [7, 11) is 4.05. The molecule has 236 valence electrons. The predicted octanol–water partition coefficient (Wildman–Crippen LogP) is 7.58. The lowest BCUT2D eigenvalue weighted by molar-refractivity contribution is -0.183. The summed E-state index contributed by atoms with van der Waals surface area (Å²) in [5, 5.41) is 0. The van der Waals surface area contributed by atoms with Crippen LogP contribution in [0.5, 0.6) is 0 Å². The highest BCUT2D eigenvalue weighted by molar-refractivity contribution is 6.27. The van der Waals surface area contributed by atoms with Crippen LogP contribution in [0.3, 0.4) is 0 Å². The molecule has 2 saturated carbocycles. The maximum Gasteiger partial charge on any atom is 0.303 e. The fourth-order valence-electron chi connectivity index (χ4n) is 9.41. The zero-order valence-corrected chi connectivity index (χ0v) is 27.3. The zero-order chi connectivity index (χ0) is 32.1. The van der Waals surface area contributed by atoms with Gasteiger partial charge in [0.25, 0.3) is 0 Å². The monoisotopic (exact) mass is 607 g/mol. The van der Waals surface area contributed by atoms with Gasteiger partial charge in [-0.05, 0) is 85.6 Å². The van der Waals surface area contributed by atoms with E-state index in [1.807, 2.05) is 39.2 Å². The van der Waals surface area contributed by atoms with Gasteiger partial charge in [-0.25, -0.2) is 0 Å². The third kappa shape index (κ3) is 5.01. The lowest BCUT2D eigenvalue weighted by Crippen LogP contribution is -2.57. The summed E-state index contributed by atoms with van der Waals surface area (Å²) in [6.45, 7) is 5.62. The summed E-state index contributed by atoms with van der Waals surface area (Å²) in [4.78, 5) is 56.0. The molecule has 0 aliphatic heterocycles. The number of anilines is 1. The maximum absolute atomic E-state index is 14.0. The van der Waals surface area contributed by atoms with Crippen molar-refractivity contribution in [2.45, 2.75) is 90.1 Å². The fraction of sp³-hybridized carbons (Fsp3) is 0.487. The summed E-state index contributed by atoms with van der Waals surface area (Å²) >= 11 is 0. The molecular formula is C39H45NO5. The Kier molecular flexibility index (Phi) is 8.21. The van der Waals surface area contributed by atoms with Crippen molar-refractivity contribution in [2.75, 3.05) is 19.0 Å². The number of carbonyl (C=O) groups excluding carboxylic acids is 4. The Hall–Kier alpha value is -3.80. The molecule has 6 rings (SSSR count). The number of esters is 1. The summed E-state index contributed by atoms with van der Waals surface area (Å²) in [6, 6.07) is 17.8. The van der Waals surface area contributed by atoms with Gasteiger partial charge in [-0.15, -0.1) is 0 Å². The maximum atomic E-state index is 14.0. The SMILES string of the molecule is CCCC(=O)[C@@]1(OC(C)=O)CCC2C3CCC4=C(C(=O)c5ccccc5)C(=O)CCC4=C3C(c3ccc(N(C)C)cc3)C[C@@]21C. The van der Waals surface area contributed by atoms with Gasteiger partial charge in [0.15, 0.2) is 23.0 Å². The number of benzene rings is 2. The Labute approximate surface area is 266 Å². The van der Waals surface area contributed by atoms with Crippen molar-refractivity contribution in [1.29, 1.82) is 0 Å². The number of ether oxygens (including phenoxy) is 1. The van der Waals surface area contributed by atoms with Crippen molar-refractivity contribution < 1.29 is 23.9 Å². The largest absolute Gasteiger partial charge is 0.451 e.